The number of aromatic nitrogens is 3. The summed E-state index contributed by atoms with van der Waals surface area (Å²) < 4.78 is 1.92. The molecule has 0 aliphatic heterocycles. The highest BCUT2D eigenvalue weighted by atomic mass is 35.5. The second kappa shape index (κ2) is 9.06. The van der Waals surface area contributed by atoms with Crippen LogP contribution in [0.2, 0.25) is 10.0 Å². The minimum absolute atomic E-state index is 0.124. The highest BCUT2D eigenvalue weighted by molar-refractivity contribution is 6.36. The lowest BCUT2D eigenvalue weighted by Crippen LogP contribution is -2.07. The van der Waals surface area contributed by atoms with Crippen LogP contribution in [0, 0.1) is 5.92 Å². The molecule has 1 atom stereocenters. The number of nitrogens with zero attached hydrogens (tertiary/aromatic N) is 3. The molecule has 0 N–H and O–H groups in total. The molecule has 0 fully saturated rings. The second-order valence-corrected chi connectivity index (χ2v) is 8.22. The molecule has 0 amide bonds. The molecule has 148 valence electrons. The number of Topliss-reactive ketones (excluding diaryl/α,β-unsaturated/α-hetero) is 1. The van der Waals surface area contributed by atoms with Crippen molar-refractivity contribution in [2.75, 3.05) is 0 Å². The molecule has 0 spiro atoms. The van der Waals surface area contributed by atoms with Gasteiger partial charge in [0.05, 0.1) is 0 Å². The predicted molar refractivity (Wildman–Crippen MR) is 115 cm³/mol. The number of halogens is 2. The van der Waals surface area contributed by atoms with Crippen molar-refractivity contribution in [1.82, 2.24) is 14.5 Å². The number of fused-ring (bicyclic) bond motifs is 1. The van der Waals surface area contributed by atoms with Crippen molar-refractivity contribution >= 4 is 40.1 Å². The van der Waals surface area contributed by atoms with Crippen LogP contribution in [-0.2, 0) is 13.5 Å². The summed E-state index contributed by atoms with van der Waals surface area (Å²) in [5, 5.41) is 1.23. The number of aryl methyl sites for hydroxylation is 1. The van der Waals surface area contributed by atoms with Crippen LogP contribution in [0.1, 0.15) is 61.3 Å². The summed E-state index contributed by atoms with van der Waals surface area (Å²) >= 11 is 12.6. The second-order valence-electron chi connectivity index (χ2n) is 7.41. The third-order valence-corrected chi connectivity index (χ3v) is 5.81. The Morgan fingerprint density at radius 1 is 1.25 bits per heavy atom. The first-order chi connectivity index (χ1) is 13.4. The van der Waals surface area contributed by atoms with Gasteiger partial charge >= 0.3 is 0 Å². The number of rotatable bonds is 8. The van der Waals surface area contributed by atoms with E-state index in [-0.39, 0.29) is 5.78 Å². The van der Waals surface area contributed by atoms with Crippen molar-refractivity contribution in [2.45, 2.75) is 46.0 Å². The van der Waals surface area contributed by atoms with Gasteiger partial charge in [0.25, 0.3) is 0 Å². The molecule has 4 nitrogen and oxygen atoms in total. The molecule has 0 saturated carbocycles. The number of benzene rings is 1. The summed E-state index contributed by atoms with van der Waals surface area (Å²) in [5.41, 5.74) is 2.92. The van der Waals surface area contributed by atoms with Gasteiger partial charge in [-0.25, -0.2) is 9.97 Å². The van der Waals surface area contributed by atoms with Crippen LogP contribution in [-0.4, -0.2) is 20.3 Å². The highest BCUT2D eigenvalue weighted by Gasteiger charge is 2.17. The van der Waals surface area contributed by atoms with Gasteiger partial charge in [-0.2, -0.15) is 0 Å². The van der Waals surface area contributed by atoms with Gasteiger partial charge in [-0.3, -0.25) is 4.79 Å². The average molecular weight is 418 g/mol. The van der Waals surface area contributed by atoms with E-state index >= 15 is 0 Å². The lowest BCUT2D eigenvalue weighted by Gasteiger charge is -2.09. The predicted octanol–water partition coefficient (Wildman–Crippen LogP) is 6.27. The number of imidazole rings is 1. The van der Waals surface area contributed by atoms with E-state index < -0.39 is 0 Å². The quantitative estimate of drug-likeness (QED) is 0.406. The van der Waals surface area contributed by atoms with Crippen LogP contribution in [0.25, 0.3) is 11.2 Å². The lowest BCUT2D eigenvalue weighted by molar-refractivity contribution is 0.0962. The number of carbonyl (C=O) groups excluding carboxylic acids is 1. The zero-order chi connectivity index (χ0) is 20.3. The van der Waals surface area contributed by atoms with Crippen LogP contribution in [0.3, 0.4) is 0 Å². The van der Waals surface area contributed by atoms with E-state index in [1.54, 1.807) is 6.20 Å². The first-order valence-electron chi connectivity index (χ1n) is 9.68. The van der Waals surface area contributed by atoms with E-state index in [1.165, 1.54) is 0 Å². The van der Waals surface area contributed by atoms with Gasteiger partial charge in [-0.15, -0.1) is 0 Å². The monoisotopic (exact) mass is 417 g/mol. The molecule has 0 aliphatic carbocycles. The molecule has 28 heavy (non-hydrogen) atoms. The van der Waals surface area contributed by atoms with Crippen molar-refractivity contribution < 1.29 is 4.79 Å². The van der Waals surface area contributed by atoms with Gasteiger partial charge < -0.3 is 4.57 Å². The van der Waals surface area contributed by atoms with Crippen molar-refractivity contribution in [1.29, 1.82) is 0 Å². The molecule has 0 unspecified atom stereocenters. The zero-order valence-electron chi connectivity index (χ0n) is 16.5. The maximum absolute atomic E-state index is 12.6. The Morgan fingerprint density at radius 2 is 1.96 bits per heavy atom. The number of hydrogen-bond donors (Lipinski definition) is 0. The smallest absolute Gasteiger partial charge is 0.164 e. The molecule has 3 rings (SSSR count). The molecule has 0 radical (unpaired) electrons. The standard InChI is InChI=1S/C22H25Cl2N3O/c1-4-5-7-14(2)10-20(28)15-11-19-22(25-13-15)27(3)21(26-19)12-16-17(23)8-6-9-18(16)24/h6,8-9,11,13-14H,4-5,7,10,12H2,1-3H3/t14-/m1/s1. The summed E-state index contributed by atoms with van der Waals surface area (Å²) in [4.78, 5) is 21.8. The largest absolute Gasteiger partial charge is 0.316 e. The van der Waals surface area contributed by atoms with E-state index in [0.717, 1.165) is 36.3 Å². The molecule has 2 heterocycles. The average Bonchev–Trinajstić information content (AvgIpc) is 2.98. The summed E-state index contributed by atoms with van der Waals surface area (Å²) in [5.74, 6) is 1.31. The van der Waals surface area contributed by atoms with Crippen LogP contribution in [0.4, 0.5) is 0 Å². The molecule has 2 aromatic heterocycles. The molecular weight excluding hydrogens is 393 g/mol. The van der Waals surface area contributed by atoms with Crippen LogP contribution < -0.4 is 0 Å². The van der Waals surface area contributed by atoms with Gasteiger partial charge in [-0.1, -0.05) is 62.4 Å². The fraction of sp³-hybridized carbons (Fsp3) is 0.409. The van der Waals surface area contributed by atoms with E-state index in [9.17, 15) is 4.79 Å². The van der Waals surface area contributed by atoms with Crippen molar-refractivity contribution in [3.05, 3.63) is 57.5 Å². The molecule has 3 aromatic rings. The fourth-order valence-corrected chi connectivity index (χ4v) is 3.91. The van der Waals surface area contributed by atoms with Gasteiger partial charge in [0.1, 0.15) is 11.3 Å². The maximum atomic E-state index is 12.6. The number of pyridine rings is 1. The normalized spacial score (nSPS) is 12.5. The van der Waals surface area contributed by atoms with Crippen LogP contribution >= 0.6 is 23.2 Å². The number of unbranched alkanes of at least 4 members (excludes halogenated alkanes) is 1. The molecule has 1 aromatic carbocycles. The number of ketones is 1. The van der Waals surface area contributed by atoms with Gasteiger partial charge in [-0.05, 0) is 29.7 Å². The molecule has 0 bridgehead atoms. The molecular formula is C22H25Cl2N3O. The van der Waals surface area contributed by atoms with E-state index in [0.29, 0.717) is 39.9 Å². The topological polar surface area (TPSA) is 47.8 Å². The molecule has 0 saturated heterocycles. The van der Waals surface area contributed by atoms with Gasteiger partial charge in [0, 0.05) is 41.7 Å². The zero-order valence-corrected chi connectivity index (χ0v) is 18.0. The third-order valence-electron chi connectivity index (χ3n) is 5.10. The lowest BCUT2D eigenvalue weighted by atomic mass is 9.96. The van der Waals surface area contributed by atoms with Crippen LogP contribution in [0.15, 0.2) is 30.5 Å². The van der Waals surface area contributed by atoms with E-state index in [1.807, 2.05) is 35.9 Å². The summed E-state index contributed by atoms with van der Waals surface area (Å²) in [6, 6.07) is 7.30. The summed E-state index contributed by atoms with van der Waals surface area (Å²) in [7, 11) is 1.91. The van der Waals surface area contributed by atoms with Crippen LogP contribution in [0.5, 0.6) is 0 Å². The highest BCUT2D eigenvalue weighted by Crippen LogP contribution is 2.27. The molecule has 0 aliphatic rings. The third kappa shape index (κ3) is 4.56. The van der Waals surface area contributed by atoms with Gasteiger partial charge in [0.2, 0.25) is 0 Å². The summed E-state index contributed by atoms with van der Waals surface area (Å²) in [6.07, 6.45) is 6.08. The Hall–Kier alpha value is -1.91. The first-order valence-corrected chi connectivity index (χ1v) is 10.4. The van der Waals surface area contributed by atoms with E-state index in [4.69, 9.17) is 28.2 Å². The Balaban J connectivity index is 1.84. The summed E-state index contributed by atoms with van der Waals surface area (Å²) in [6.45, 7) is 4.30. The van der Waals surface area contributed by atoms with Crippen molar-refractivity contribution in [2.24, 2.45) is 13.0 Å². The first kappa shape index (κ1) is 20.8. The van der Waals surface area contributed by atoms with Crippen molar-refractivity contribution in [3.63, 3.8) is 0 Å². The SMILES string of the molecule is CCCC[C@@H](C)CC(=O)c1cnc2c(c1)nc(Cc1c(Cl)cccc1Cl)n2C. The Bertz CT molecular complexity index is 977. The number of carbonyl (C=O) groups is 1. The Kier molecular flexibility index (Phi) is 6.73. The number of hydrogen-bond acceptors (Lipinski definition) is 3. The minimum Gasteiger partial charge on any atom is -0.316 e. The maximum Gasteiger partial charge on any atom is 0.164 e. The fourth-order valence-electron chi connectivity index (χ4n) is 3.38. The Labute approximate surface area is 175 Å². The Morgan fingerprint density at radius 3 is 2.64 bits per heavy atom. The molecule has 6 heteroatoms. The minimum atomic E-state index is 0.124. The van der Waals surface area contributed by atoms with Crippen molar-refractivity contribution in [3.8, 4) is 0 Å². The van der Waals surface area contributed by atoms with Gasteiger partial charge in [0.15, 0.2) is 11.4 Å². The van der Waals surface area contributed by atoms with E-state index in [2.05, 4.69) is 18.8 Å².